The number of hydrogen-bond donors (Lipinski definition) is 1. The molecular weight excluding hydrogens is 142 g/mol. The molecule has 1 atom stereocenters. The normalized spacial score (nSPS) is 25.7. The minimum atomic E-state index is 0.0812. The predicted molar refractivity (Wildman–Crippen MR) is 41.3 cm³/mol. The molecule has 1 unspecified atom stereocenters. The maximum atomic E-state index is 11.1. The molecule has 1 fully saturated rings. The zero-order chi connectivity index (χ0) is 8.27. The van der Waals surface area contributed by atoms with Gasteiger partial charge in [0.25, 0.3) is 0 Å². The summed E-state index contributed by atoms with van der Waals surface area (Å²) in [6.07, 6.45) is 1.48. The van der Waals surface area contributed by atoms with Crippen molar-refractivity contribution in [1.82, 2.24) is 5.32 Å². The fraction of sp³-hybridized carbons (Fsp3) is 0.750. The van der Waals surface area contributed by atoms with E-state index in [1.165, 1.54) is 0 Å². The molecule has 0 bridgehead atoms. The van der Waals surface area contributed by atoms with Crippen molar-refractivity contribution < 1.29 is 9.59 Å². The average molecular weight is 155 g/mol. The highest BCUT2D eigenvalue weighted by Gasteiger charge is 2.25. The van der Waals surface area contributed by atoms with Gasteiger partial charge in [-0.05, 0) is 13.5 Å². The van der Waals surface area contributed by atoms with Crippen molar-refractivity contribution in [1.29, 1.82) is 0 Å². The number of rotatable bonds is 2. The summed E-state index contributed by atoms with van der Waals surface area (Å²) in [6.45, 7) is 0.714. The van der Waals surface area contributed by atoms with Gasteiger partial charge in [0.15, 0.2) is 0 Å². The highest BCUT2D eigenvalue weighted by molar-refractivity contribution is 6.02. The van der Waals surface area contributed by atoms with E-state index in [2.05, 4.69) is 5.32 Å². The SMILES string of the molecule is CNCC1CCC(=O)CC1=O. The molecule has 0 aromatic rings. The second-order valence-corrected chi connectivity index (χ2v) is 2.98. The molecular formula is C8H13NO2. The first-order chi connectivity index (χ1) is 5.24. The van der Waals surface area contributed by atoms with Crippen molar-refractivity contribution in [2.75, 3.05) is 13.6 Å². The zero-order valence-electron chi connectivity index (χ0n) is 6.72. The first-order valence-corrected chi connectivity index (χ1v) is 3.93. The van der Waals surface area contributed by atoms with Crippen molar-refractivity contribution in [2.24, 2.45) is 5.92 Å². The Balaban J connectivity index is 2.44. The van der Waals surface area contributed by atoms with Crippen molar-refractivity contribution in [3.05, 3.63) is 0 Å². The molecule has 3 heteroatoms. The van der Waals surface area contributed by atoms with Gasteiger partial charge in [-0.3, -0.25) is 9.59 Å². The maximum absolute atomic E-state index is 11.1. The van der Waals surface area contributed by atoms with E-state index in [1.807, 2.05) is 7.05 Å². The van der Waals surface area contributed by atoms with Gasteiger partial charge < -0.3 is 5.32 Å². The summed E-state index contributed by atoms with van der Waals surface area (Å²) >= 11 is 0. The Morgan fingerprint density at radius 2 is 2.27 bits per heavy atom. The first kappa shape index (κ1) is 8.40. The third kappa shape index (κ3) is 2.12. The van der Waals surface area contributed by atoms with Crippen LogP contribution in [0, 0.1) is 5.92 Å². The molecule has 0 aliphatic heterocycles. The second kappa shape index (κ2) is 3.62. The van der Waals surface area contributed by atoms with Gasteiger partial charge in [0.2, 0.25) is 0 Å². The third-order valence-corrected chi connectivity index (χ3v) is 2.05. The van der Waals surface area contributed by atoms with Crippen LogP contribution in [0.3, 0.4) is 0 Å². The first-order valence-electron chi connectivity index (χ1n) is 3.93. The quantitative estimate of drug-likeness (QED) is 0.577. The van der Waals surface area contributed by atoms with Crippen LogP contribution in [0.15, 0.2) is 0 Å². The smallest absolute Gasteiger partial charge is 0.144 e. The molecule has 0 heterocycles. The molecule has 1 saturated carbocycles. The Morgan fingerprint density at radius 3 is 2.82 bits per heavy atom. The highest BCUT2D eigenvalue weighted by Crippen LogP contribution is 2.16. The fourth-order valence-corrected chi connectivity index (χ4v) is 1.39. The minimum absolute atomic E-state index is 0.0812. The standard InChI is InChI=1S/C8H13NO2/c1-9-5-6-2-3-7(10)4-8(6)11/h6,9H,2-5H2,1H3. The summed E-state index contributed by atoms with van der Waals surface area (Å²) in [6, 6.07) is 0. The number of nitrogens with one attached hydrogen (secondary N) is 1. The minimum Gasteiger partial charge on any atom is -0.319 e. The summed E-state index contributed by atoms with van der Waals surface area (Å²) in [5.41, 5.74) is 0. The van der Waals surface area contributed by atoms with Crippen molar-refractivity contribution in [3.63, 3.8) is 0 Å². The largest absolute Gasteiger partial charge is 0.319 e. The van der Waals surface area contributed by atoms with E-state index in [4.69, 9.17) is 0 Å². The molecule has 0 spiro atoms. The molecule has 1 rings (SSSR count). The van der Waals surface area contributed by atoms with Gasteiger partial charge in [0.1, 0.15) is 11.6 Å². The van der Waals surface area contributed by atoms with Crippen molar-refractivity contribution >= 4 is 11.6 Å². The summed E-state index contributed by atoms with van der Waals surface area (Å²) in [5.74, 6) is 0.288. The van der Waals surface area contributed by atoms with Gasteiger partial charge in [-0.2, -0.15) is 0 Å². The molecule has 11 heavy (non-hydrogen) atoms. The third-order valence-electron chi connectivity index (χ3n) is 2.05. The summed E-state index contributed by atoms with van der Waals surface area (Å²) in [5, 5.41) is 2.95. The van der Waals surface area contributed by atoms with Crippen LogP contribution in [0.2, 0.25) is 0 Å². The van der Waals surface area contributed by atoms with Gasteiger partial charge in [-0.25, -0.2) is 0 Å². The number of ketones is 2. The van der Waals surface area contributed by atoms with Crippen LogP contribution in [-0.4, -0.2) is 25.2 Å². The lowest BCUT2D eigenvalue weighted by atomic mass is 9.87. The maximum Gasteiger partial charge on any atom is 0.144 e. The van der Waals surface area contributed by atoms with E-state index in [9.17, 15) is 9.59 Å². The van der Waals surface area contributed by atoms with E-state index in [0.29, 0.717) is 13.0 Å². The number of hydrogen-bond acceptors (Lipinski definition) is 3. The lowest BCUT2D eigenvalue weighted by molar-refractivity contribution is -0.132. The molecule has 0 aromatic heterocycles. The van der Waals surface area contributed by atoms with Crippen LogP contribution < -0.4 is 5.32 Å². The van der Waals surface area contributed by atoms with Gasteiger partial charge in [0.05, 0.1) is 6.42 Å². The predicted octanol–water partition coefficient (Wildman–Crippen LogP) is 0.144. The molecule has 0 radical (unpaired) electrons. The molecule has 1 aliphatic rings. The monoisotopic (exact) mass is 155 g/mol. The van der Waals surface area contributed by atoms with Crippen molar-refractivity contribution in [2.45, 2.75) is 19.3 Å². The lowest BCUT2D eigenvalue weighted by Crippen LogP contribution is -2.31. The van der Waals surface area contributed by atoms with E-state index < -0.39 is 0 Å². The molecule has 0 saturated heterocycles. The van der Waals surface area contributed by atoms with Gasteiger partial charge >= 0.3 is 0 Å². The fourth-order valence-electron chi connectivity index (χ4n) is 1.39. The summed E-state index contributed by atoms with van der Waals surface area (Å²) in [4.78, 5) is 21.9. The second-order valence-electron chi connectivity index (χ2n) is 2.98. The van der Waals surface area contributed by atoms with Crippen LogP contribution >= 0.6 is 0 Å². The van der Waals surface area contributed by atoms with Crippen LogP contribution in [0.4, 0.5) is 0 Å². The zero-order valence-corrected chi connectivity index (χ0v) is 6.72. The number of carbonyl (C=O) groups is 2. The topological polar surface area (TPSA) is 46.2 Å². The number of Topliss-reactive ketones (excluding diaryl/α,β-unsaturated/α-hetero) is 2. The van der Waals surface area contributed by atoms with E-state index >= 15 is 0 Å². The molecule has 0 aromatic carbocycles. The number of carbonyl (C=O) groups excluding carboxylic acids is 2. The van der Waals surface area contributed by atoms with Crippen LogP contribution in [0.25, 0.3) is 0 Å². The van der Waals surface area contributed by atoms with Crippen LogP contribution in [-0.2, 0) is 9.59 Å². The molecule has 0 amide bonds. The van der Waals surface area contributed by atoms with Gasteiger partial charge in [-0.15, -0.1) is 0 Å². The van der Waals surface area contributed by atoms with Crippen LogP contribution in [0.1, 0.15) is 19.3 Å². The lowest BCUT2D eigenvalue weighted by Gasteiger charge is -2.18. The Kier molecular flexibility index (Phi) is 2.76. The van der Waals surface area contributed by atoms with E-state index in [0.717, 1.165) is 6.42 Å². The van der Waals surface area contributed by atoms with Crippen LogP contribution in [0.5, 0.6) is 0 Å². The average Bonchev–Trinajstić information content (AvgIpc) is 1.95. The Hall–Kier alpha value is -0.700. The Labute approximate surface area is 66.2 Å². The molecule has 3 nitrogen and oxygen atoms in total. The van der Waals surface area contributed by atoms with E-state index in [-0.39, 0.29) is 23.9 Å². The van der Waals surface area contributed by atoms with Crippen molar-refractivity contribution in [3.8, 4) is 0 Å². The van der Waals surface area contributed by atoms with E-state index in [1.54, 1.807) is 0 Å². The molecule has 1 N–H and O–H groups in total. The Bertz CT molecular complexity index is 177. The molecule has 62 valence electrons. The van der Waals surface area contributed by atoms with Gasteiger partial charge in [0, 0.05) is 18.9 Å². The Morgan fingerprint density at radius 1 is 1.55 bits per heavy atom. The van der Waals surface area contributed by atoms with Gasteiger partial charge in [-0.1, -0.05) is 0 Å². The summed E-state index contributed by atoms with van der Waals surface area (Å²) in [7, 11) is 1.82. The highest BCUT2D eigenvalue weighted by atomic mass is 16.1. The molecule has 1 aliphatic carbocycles. The summed E-state index contributed by atoms with van der Waals surface area (Å²) < 4.78 is 0.